The smallest absolute Gasteiger partial charge is 0.145 e. The molecule has 0 aliphatic heterocycles. The van der Waals surface area contributed by atoms with Crippen LogP contribution in [0.15, 0.2) is 12.1 Å². The molecule has 0 aromatic heterocycles. The van der Waals surface area contributed by atoms with E-state index in [0.29, 0.717) is 0 Å². The third-order valence-corrected chi connectivity index (χ3v) is 3.51. The van der Waals surface area contributed by atoms with Gasteiger partial charge >= 0.3 is 0 Å². The van der Waals surface area contributed by atoms with E-state index in [0.717, 1.165) is 18.5 Å². The van der Waals surface area contributed by atoms with Crippen molar-refractivity contribution in [2.45, 2.75) is 19.4 Å². The molecule has 1 aromatic rings. The fraction of sp³-hybridized carbons (Fsp3) is 0.400. The van der Waals surface area contributed by atoms with E-state index in [2.05, 4.69) is 45.2 Å². The maximum atomic E-state index is 9.85. The highest BCUT2D eigenvalue weighted by Gasteiger charge is 2.19. The summed E-state index contributed by atoms with van der Waals surface area (Å²) in [6.45, 7) is 3.56. The maximum absolute atomic E-state index is 9.85. The van der Waals surface area contributed by atoms with E-state index in [1.807, 2.05) is 12.1 Å². The molecule has 1 N–H and O–H groups in total. The Balaban J connectivity index is 3.28. The SMILES string of the molecule is COc1c(I)cc(C(C)(C)O)cc1I. The molecule has 0 radical (unpaired) electrons. The van der Waals surface area contributed by atoms with Gasteiger partial charge in [-0.3, -0.25) is 0 Å². The van der Waals surface area contributed by atoms with Crippen LogP contribution in [0.3, 0.4) is 0 Å². The molecule has 0 atom stereocenters. The van der Waals surface area contributed by atoms with E-state index >= 15 is 0 Å². The largest absolute Gasteiger partial charge is 0.495 e. The number of benzene rings is 1. The fourth-order valence-electron chi connectivity index (χ4n) is 1.11. The Kier molecular flexibility index (Phi) is 4.04. The molecule has 0 spiro atoms. The summed E-state index contributed by atoms with van der Waals surface area (Å²) >= 11 is 4.42. The first-order valence-corrected chi connectivity index (χ1v) is 6.28. The summed E-state index contributed by atoms with van der Waals surface area (Å²) in [7, 11) is 1.66. The number of ether oxygens (including phenoxy) is 1. The summed E-state index contributed by atoms with van der Waals surface area (Å²) in [4.78, 5) is 0. The average molecular weight is 418 g/mol. The van der Waals surface area contributed by atoms with Gasteiger partial charge in [0.1, 0.15) is 5.75 Å². The maximum Gasteiger partial charge on any atom is 0.145 e. The lowest BCUT2D eigenvalue weighted by Crippen LogP contribution is -2.16. The highest BCUT2D eigenvalue weighted by molar-refractivity contribution is 14.1. The Morgan fingerprint density at radius 2 is 1.64 bits per heavy atom. The monoisotopic (exact) mass is 418 g/mol. The lowest BCUT2D eigenvalue weighted by atomic mass is 9.99. The third kappa shape index (κ3) is 2.73. The van der Waals surface area contributed by atoms with Gasteiger partial charge in [0, 0.05) is 0 Å². The zero-order valence-corrected chi connectivity index (χ0v) is 12.6. The van der Waals surface area contributed by atoms with E-state index < -0.39 is 5.60 Å². The number of halogens is 2. The fourth-order valence-corrected chi connectivity index (χ4v) is 3.32. The van der Waals surface area contributed by atoms with Crippen LogP contribution in [0, 0.1) is 7.14 Å². The number of methoxy groups -OCH3 is 1. The molecule has 0 fully saturated rings. The first-order valence-electron chi connectivity index (χ1n) is 4.12. The van der Waals surface area contributed by atoms with E-state index in [4.69, 9.17) is 4.74 Å². The van der Waals surface area contributed by atoms with Crippen LogP contribution in [0.2, 0.25) is 0 Å². The van der Waals surface area contributed by atoms with Crippen LogP contribution >= 0.6 is 45.2 Å². The summed E-state index contributed by atoms with van der Waals surface area (Å²) in [5.74, 6) is 0.874. The molecule has 0 unspecified atom stereocenters. The Bertz CT molecular complexity index is 319. The van der Waals surface area contributed by atoms with Gasteiger partial charge in [0.05, 0.1) is 19.9 Å². The molecule has 0 aliphatic carbocycles. The molecule has 4 heteroatoms. The minimum absolute atomic E-state index is 0.799. The normalized spacial score (nSPS) is 11.6. The van der Waals surface area contributed by atoms with Gasteiger partial charge in [-0.15, -0.1) is 0 Å². The van der Waals surface area contributed by atoms with Crippen LogP contribution in [0.25, 0.3) is 0 Å². The molecule has 0 bridgehead atoms. The molecule has 0 aliphatic rings. The highest BCUT2D eigenvalue weighted by Crippen LogP contribution is 2.32. The molecular weight excluding hydrogens is 406 g/mol. The molecule has 0 heterocycles. The van der Waals surface area contributed by atoms with Crippen LogP contribution < -0.4 is 4.74 Å². The predicted octanol–water partition coefficient (Wildman–Crippen LogP) is 3.13. The van der Waals surface area contributed by atoms with Gasteiger partial charge in [-0.1, -0.05) is 0 Å². The summed E-state index contributed by atoms with van der Waals surface area (Å²) in [6, 6.07) is 3.89. The van der Waals surface area contributed by atoms with E-state index in [1.54, 1.807) is 21.0 Å². The topological polar surface area (TPSA) is 29.5 Å². The molecule has 0 saturated heterocycles. The Morgan fingerprint density at radius 1 is 1.21 bits per heavy atom. The van der Waals surface area contributed by atoms with Gasteiger partial charge in [-0.2, -0.15) is 0 Å². The lowest BCUT2D eigenvalue weighted by Gasteiger charge is -2.19. The van der Waals surface area contributed by atoms with Gasteiger partial charge in [-0.05, 0) is 76.7 Å². The highest BCUT2D eigenvalue weighted by atomic mass is 127. The zero-order chi connectivity index (χ0) is 10.9. The van der Waals surface area contributed by atoms with Crippen molar-refractivity contribution in [1.29, 1.82) is 0 Å². The molecule has 2 nitrogen and oxygen atoms in total. The molecule has 14 heavy (non-hydrogen) atoms. The molecule has 0 amide bonds. The third-order valence-electron chi connectivity index (χ3n) is 1.91. The zero-order valence-electron chi connectivity index (χ0n) is 8.27. The quantitative estimate of drug-likeness (QED) is 0.749. The molecular formula is C10H12I2O2. The second-order valence-electron chi connectivity index (χ2n) is 3.53. The summed E-state index contributed by atoms with van der Waals surface area (Å²) in [5.41, 5.74) is 0.110. The first kappa shape index (κ1) is 12.5. The van der Waals surface area contributed by atoms with Crippen LogP contribution in [0.1, 0.15) is 19.4 Å². The number of hydrogen-bond donors (Lipinski definition) is 1. The van der Waals surface area contributed by atoms with Crippen molar-refractivity contribution in [3.05, 3.63) is 24.8 Å². The van der Waals surface area contributed by atoms with Crippen molar-refractivity contribution in [1.82, 2.24) is 0 Å². The Hall–Kier alpha value is 0.440. The first-order chi connectivity index (χ1) is 6.36. The second kappa shape index (κ2) is 4.52. The van der Waals surface area contributed by atoms with Gasteiger partial charge < -0.3 is 9.84 Å². The summed E-state index contributed by atoms with van der Waals surface area (Å²) < 4.78 is 7.29. The molecule has 78 valence electrons. The summed E-state index contributed by atoms with van der Waals surface area (Å²) in [5, 5.41) is 9.85. The molecule has 1 aromatic carbocycles. The number of rotatable bonds is 2. The minimum Gasteiger partial charge on any atom is -0.495 e. The van der Waals surface area contributed by atoms with Gasteiger partial charge in [0.25, 0.3) is 0 Å². The van der Waals surface area contributed by atoms with Gasteiger partial charge in [0.15, 0.2) is 0 Å². The predicted molar refractivity (Wildman–Crippen MR) is 73.7 cm³/mol. The van der Waals surface area contributed by atoms with E-state index in [-0.39, 0.29) is 0 Å². The van der Waals surface area contributed by atoms with Crippen LogP contribution in [0.5, 0.6) is 5.75 Å². The van der Waals surface area contributed by atoms with Crippen LogP contribution in [-0.2, 0) is 5.60 Å². The lowest BCUT2D eigenvalue weighted by molar-refractivity contribution is 0.0784. The van der Waals surface area contributed by atoms with Crippen molar-refractivity contribution in [3.63, 3.8) is 0 Å². The Morgan fingerprint density at radius 3 is 1.93 bits per heavy atom. The molecule has 1 rings (SSSR count). The standard InChI is InChI=1S/C10H12I2O2/c1-10(2,13)6-4-7(11)9(14-3)8(12)5-6/h4-5,13H,1-3H3. The number of aliphatic hydroxyl groups is 1. The minimum atomic E-state index is -0.799. The molecule has 0 saturated carbocycles. The van der Waals surface area contributed by atoms with Gasteiger partial charge in [0.2, 0.25) is 0 Å². The van der Waals surface area contributed by atoms with Crippen molar-refractivity contribution in [2.75, 3.05) is 7.11 Å². The van der Waals surface area contributed by atoms with Crippen molar-refractivity contribution in [3.8, 4) is 5.75 Å². The average Bonchev–Trinajstić information content (AvgIpc) is 2.01. The Labute approximate surface area is 111 Å². The van der Waals surface area contributed by atoms with E-state index in [1.165, 1.54) is 0 Å². The van der Waals surface area contributed by atoms with Crippen molar-refractivity contribution in [2.24, 2.45) is 0 Å². The summed E-state index contributed by atoms with van der Waals surface area (Å²) in [6.07, 6.45) is 0. The van der Waals surface area contributed by atoms with Crippen molar-refractivity contribution < 1.29 is 9.84 Å². The van der Waals surface area contributed by atoms with Gasteiger partial charge in [-0.25, -0.2) is 0 Å². The van der Waals surface area contributed by atoms with Crippen molar-refractivity contribution >= 4 is 45.2 Å². The van der Waals surface area contributed by atoms with Crippen LogP contribution in [-0.4, -0.2) is 12.2 Å². The number of hydrogen-bond acceptors (Lipinski definition) is 2. The van der Waals surface area contributed by atoms with Crippen LogP contribution in [0.4, 0.5) is 0 Å². The van der Waals surface area contributed by atoms with E-state index in [9.17, 15) is 5.11 Å². The second-order valence-corrected chi connectivity index (χ2v) is 5.86.